The van der Waals surface area contributed by atoms with Gasteiger partial charge in [-0.05, 0) is 24.3 Å². The van der Waals surface area contributed by atoms with Crippen LogP contribution in [0.4, 0.5) is 0 Å². The number of para-hydroxylation sites is 3. The van der Waals surface area contributed by atoms with Gasteiger partial charge in [-0.25, -0.2) is 4.98 Å². The van der Waals surface area contributed by atoms with E-state index in [1.54, 1.807) is 18.5 Å². The van der Waals surface area contributed by atoms with Gasteiger partial charge < -0.3 is 14.4 Å². The second-order valence-corrected chi connectivity index (χ2v) is 5.19. The van der Waals surface area contributed by atoms with Crippen LogP contribution in [0.1, 0.15) is 0 Å². The zero-order valence-corrected chi connectivity index (χ0v) is 12.1. The third-order valence-corrected chi connectivity index (χ3v) is 3.51. The number of nitrogens with zero attached hydrogens (tertiary/aromatic N) is 2. The molecule has 0 radical (unpaired) electrons. The third-order valence-electron chi connectivity index (χ3n) is 3.20. The summed E-state index contributed by atoms with van der Waals surface area (Å²) in [5, 5.41) is 10.7. The van der Waals surface area contributed by atoms with Crippen LogP contribution < -0.4 is 4.74 Å². The molecule has 2 aromatic carbocycles. The highest BCUT2D eigenvalue weighted by atomic mass is 35.5. The van der Waals surface area contributed by atoms with Gasteiger partial charge in [-0.15, -0.1) is 0 Å². The summed E-state index contributed by atoms with van der Waals surface area (Å²) in [6.45, 7) is 0.598. The van der Waals surface area contributed by atoms with Crippen LogP contribution in [0.5, 0.6) is 5.75 Å². The average molecular weight is 303 g/mol. The molecule has 5 heteroatoms. The Bertz CT molecular complexity index is 742. The zero-order chi connectivity index (χ0) is 14.7. The molecule has 0 bridgehead atoms. The van der Waals surface area contributed by atoms with Crippen molar-refractivity contribution in [1.29, 1.82) is 0 Å². The minimum atomic E-state index is -0.640. The monoisotopic (exact) mass is 302 g/mol. The lowest BCUT2D eigenvalue weighted by molar-refractivity contribution is 0.0935. The number of benzene rings is 2. The van der Waals surface area contributed by atoms with Crippen molar-refractivity contribution in [3.05, 3.63) is 59.9 Å². The maximum atomic E-state index is 10.1. The summed E-state index contributed by atoms with van der Waals surface area (Å²) in [7, 11) is 0. The number of hydrogen-bond donors (Lipinski definition) is 1. The molecule has 0 amide bonds. The molecule has 3 aromatic rings. The Labute approximate surface area is 127 Å². The van der Waals surface area contributed by atoms with Crippen molar-refractivity contribution >= 4 is 22.6 Å². The van der Waals surface area contributed by atoms with E-state index in [2.05, 4.69) is 4.98 Å². The van der Waals surface area contributed by atoms with Crippen molar-refractivity contribution in [2.24, 2.45) is 0 Å². The van der Waals surface area contributed by atoms with Crippen LogP contribution in [0.2, 0.25) is 5.02 Å². The van der Waals surface area contributed by atoms with Crippen molar-refractivity contribution in [1.82, 2.24) is 9.55 Å². The molecule has 3 rings (SSSR count). The lowest BCUT2D eigenvalue weighted by Crippen LogP contribution is -2.23. The molecule has 0 aliphatic carbocycles. The summed E-state index contributed by atoms with van der Waals surface area (Å²) >= 11 is 6.01. The third kappa shape index (κ3) is 3.17. The maximum Gasteiger partial charge on any atom is 0.138 e. The summed E-state index contributed by atoms with van der Waals surface area (Å²) in [5.74, 6) is 0.578. The first-order valence-electron chi connectivity index (χ1n) is 6.69. The number of aromatic nitrogens is 2. The topological polar surface area (TPSA) is 47.3 Å². The summed E-state index contributed by atoms with van der Waals surface area (Å²) in [5.41, 5.74) is 1.91. The Kier molecular flexibility index (Phi) is 4.08. The Hall–Kier alpha value is -2.04. The molecule has 1 N–H and O–H groups in total. The highest BCUT2D eigenvalue weighted by molar-refractivity contribution is 6.32. The summed E-state index contributed by atoms with van der Waals surface area (Å²) in [4.78, 5) is 4.29. The van der Waals surface area contributed by atoms with Crippen LogP contribution in [0.25, 0.3) is 11.0 Å². The van der Waals surface area contributed by atoms with Gasteiger partial charge in [0.2, 0.25) is 0 Å². The summed E-state index contributed by atoms with van der Waals surface area (Å²) < 4.78 is 7.46. The highest BCUT2D eigenvalue weighted by Crippen LogP contribution is 2.23. The van der Waals surface area contributed by atoms with Crippen molar-refractivity contribution < 1.29 is 9.84 Å². The number of hydrogen-bond acceptors (Lipinski definition) is 3. The first-order chi connectivity index (χ1) is 10.2. The number of ether oxygens (including phenoxy) is 1. The first kappa shape index (κ1) is 13.9. The molecule has 0 aliphatic rings. The van der Waals surface area contributed by atoms with Gasteiger partial charge in [0.1, 0.15) is 18.5 Å². The van der Waals surface area contributed by atoms with Crippen LogP contribution in [0.15, 0.2) is 54.9 Å². The number of aliphatic hydroxyl groups excluding tert-OH is 1. The molecule has 0 saturated heterocycles. The van der Waals surface area contributed by atoms with Crippen LogP contribution >= 0.6 is 11.6 Å². The SMILES string of the molecule is O[C@H](COc1ccccc1Cl)Cn1cnc2ccccc21. The first-order valence-corrected chi connectivity index (χ1v) is 7.07. The van der Waals surface area contributed by atoms with E-state index in [9.17, 15) is 5.11 Å². The molecular formula is C16H15ClN2O2. The zero-order valence-electron chi connectivity index (χ0n) is 11.3. The van der Waals surface area contributed by atoms with Crippen LogP contribution in [-0.2, 0) is 6.54 Å². The predicted molar refractivity (Wildman–Crippen MR) is 82.7 cm³/mol. The van der Waals surface area contributed by atoms with E-state index in [0.29, 0.717) is 17.3 Å². The molecule has 108 valence electrons. The minimum Gasteiger partial charge on any atom is -0.489 e. The molecule has 21 heavy (non-hydrogen) atoms. The largest absolute Gasteiger partial charge is 0.489 e. The van der Waals surface area contributed by atoms with Gasteiger partial charge in [0.15, 0.2) is 0 Å². The van der Waals surface area contributed by atoms with Gasteiger partial charge in [0, 0.05) is 0 Å². The summed E-state index contributed by atoms with van der Waals surface area (Å²) in [6.07, 6.45) is 1.09. The van der Waals surface area contributed by atoms with E-state index in [0.717, 1.165) is 11.0 Å². The van der Waals surface area contributed by atoms with Crippen molar-refractivity contribution in [2.45, 2.75) is 12.6 Å². The number of fused-ring (bicyclic) bond motifs is 1. The van der Waals surface area contributed by atoms with Gasteiger partial charge in [-0.3, -0.25) is 0 Å². The van der Waals surface area contributed by atoms with Crippen molar-refractivity contribution in [3.8, 4) is 5.75 Å². The molecule has 0 saturated carbocycles. The van der Waals surface area contributed by atoms with E-state index >= 15 is 0 Å². The fraction of sp³-hybridized carbons (Fsp3) is 0.188. The van der Waals surface area contributed by atoms with Gasteiger partial charge >= 0.3 is 0 Å². The van der Waals surface area contributed by atoms with Gasteiger partial charge in [-0.1, -0.05) is 35.9 Å². The molecule has 1 heterocycles. The summed E-state index contributed by atoms with van der Waals surface area (Å²) in [6, 6.07) is 15.0. The normalized spacial score (nSPS) is 12.5. The molecule has 1 atom stereocenters. The minimum absolute atomic E-state index is 0.177. The molecule has 1 aromatic heterocycles. The van der Waals surface area contributed by atoms with Crippen LogP contribution in [0, 0.1) is 0 Å². The highest BCUT2D eigenvalue weighted by Gasteiger charge is 2.10. The molecule has 4 nitrogen and oxygen atoms in total. The van der Waals surface area contributed by atoms with E-state index < -0.39 is 6.10 Å². The fourth-order valence-electron chi connectivity index (χ4n) is 2.18. The van der Waals surface area contributed by atoms with Gasteiger partial charge in [-0.2, -0.15) is 0 Å². The molecule has 0 unspecified atom stereocenters. The van der Waals surface area contributed by atoms with Crippen LogP contribution in [0.3, 0.4) is 0 Å². The molecular weight excluding hydrogens is 288 g/mol. The Morgan fingerprint density at radius 1 is 1.14 bits per heavy atom. The quantitative estimate of drug-likeness (QED) is 0.787. The van der Waals surface area contributed by atoms with Crippen LogP contribution in [-0.4, -0.2) is 27.4 Å². The number of rotatable bonds is 5. The number of halogens is 1. The lowest BCUT2D eigenvalue weighted by Gasteiger charge is -2.14. The van der Waals surface area contributed by atoms with E-state index in [1.165, 1.54) is 0 Å². The van der Waals surface area contributed by atoms with Gasteiger partial charge in [0.05, 0.1) is 28.9 Å². The average Bonchev–Trinajstić information content (AvgIpc) is 2.90. The lowest BCUT2D eigenvalue weighted by atomic mass is 10.3. The maximum absolute atomic E-state index is 10.1. The van der Waals surface area contributed by atoms with E-state index in [-0.39, 0.29) is 6.61 Å². The fourth-order valence-corrected chi connectivity index (χ4v) is 2.37. The second kappa shape index (κ2) is 6.16. The smallest absolute Gasteiger partial charge is 0.138 e. The number of imidazole rings is 1. The van der Waals surface area contributed by atoms with Crippen molar-refractivity contribution in [3.63, 3.8) is 0 Å². The van der Waals surface area contributed by atoms with E-state index in [4.69, 9.17) is 16.3 Å². The predicted octanol–water partition coefficient (Wildman–Crippen LogP) is 3.13. The second-order valence-electron chi connectivity index (χ2n) is 4.78. The Morgan fingerprint density at radius 2 is 1.90 bits per heavy atom. The molecule has 0 spiro atoms. The Balaban J connectivity index is 1.64. The Morgan fingerprint density at radius 3 is 2.76 bits per heavy atom. The van der Waals surface area contributed by atoms with Crippen molar-refractivity contribution in [2.75, 3.05) is 6.61 Å². The van der Waals surface area contributed by atoms with E-state index in [1.807, 2.05) is 41.0 Å². The van der Waals surface area contributed by atoms with Gasteiger partial charge in [0.25, 0.3) is 0 Å². The molecule has 0 aliphatic heterocycles. The standard InChI is InChI=1S/C16H15ClN2O2/c17-13-5-1-4-8-16(13)21-10-12(20)9-19-11-18-14-6-2-3-7-15(14)19/h1-8,11-12,20H,9-10H2/t12-/m0/s1. The molecule has 0 fully saturated rings. The number of aliphatic hydroxyl groups is 1.